The van der Waals surface area contributed by atoms with Gasteiger partial charge in [-0.15, -0.1) is 0 Å². The van der Waals surface area contributed by atoms with Crippen LogP contribution in [0.1, 0.15) is 36.0 Å². The third kappa shape index (κ3) is 2.81. The van der Waals surface area contributed by atoms with Crippen molar-refractivity contribution in [3.63, 3.8) is 0 Å². The summed E-state index contributed by atoms with van der Waals surface area (Å²) in [5.74, 6) is -0.431. The summed E-state index contributed by atoms with van der Waals surface area (Å²) in [7, 11) is 0. The number of nitrogens with two attached hydrogens (primary N) is 1. The zero-order valence-corrected chi connectivity index (χ0v) is 10.9. The number of aromatic hydroxyl groups is 1. The molecule has 5 heteroatoms. The minimum atomic E-state index is -0.259. The smallest absolute Gasteiger partial charge is 0.258 e. The Labute approximate surface area is 112 Å². The first kappa shape index (κ1) is 13.7. The van der Waals surface area contributed by atoms with Crippen molar-refractivity contribution in [2.75, 3.05) is 18.9 Å². The van der Waals surface area contributed by atoms with Gasteiger partial charge in [0, 0.05) is 12.6 Å². The number of carbonyl (C=O) groups is 1. The predicted octanol–water partition coefficient (Wildman–Crippen LogP) is 1.35. The molecule has 0 unspecified atom stereocenters. The second-order valence-electron chi connectivity index (χ2n) is 4.90. The van der Waals surface area contributed by atoms with Crippen LogP contribution in [0.3, 0.4) is 0 Å². The first-order chi connectivity index (χ1) is 9.15. The fourth-order valence-corrected chi connectivity index (χ4v) is 2.66. The van der Waals surface area contributed by atoms with Crippen LogP contribution in [-0.4, -0.2) is 40.2 Å². The third-order valence-corrected chi connectivity index (χ3v) is 3.66. The molecule has 2 rings (SSSR count). The number of para-hydroxylation sites is 1. The molecule has 0 aromatic heterocycles. The van der Waals surface area contributed by atoms with Crippen LogP contribution < -0.4 is 5.73 Å². The molecule has 1 saturated carbocycles. The van der Waals surface area contributed by atoms with E-state index < -0.39 is 0 Å². The topological polar surface area (TPSA) is 86.8 Å². The van der Waals surface area contributed by atoms with Gasteiger partial charge in [0.05, 0.1) is 17.9 Å². The third-order valence-electron chi connectivity index (χ3n) is 3.66. The molecule has 0 atom stereocenters. The van der Waals surface area contributed by atoms with Crippen molar-refractivity contribution in [2.24, 2.45) is 0 Å². The Balaban J connectivity index is 2.25. The van der Waals surface area contributed by atoms with E-state index in [1.807, 2.05) is 0 Å². The quantitative estimate of drug-likeness (QED) is 0.566. The van der Waals surface area contributed by atoms with Gasteiger partial charge >= 0.3 is 0 Å². The van der Waals surface area contributed by atoms with Crippen LogP contribution in [0.2, 0.25) is 0 Å². The first-order valence-corrected chi connectivity index (χ1v) is 6.64. The van der Waals surface area contributed by atoms with Crippen LogP contribution in [0.15, 0.2) is 18.2 Å². The molecule has 0 spiro atoms. The molecule has 0 radical (unpaired) electrons. The molecule has 1 aliphatic carbocycles. The molecule has 19 heavy (non-hydrogen) atoms. The molecule has 0 saturated heterocycles. The molecule has 1 aromatic rings. The van der Waals surface area contributed by atoms with E-state index in [4.69, 9.17) is 10.8 Å². The number of aliphatic hydroxyl groups is 1. The van der Waals surface area contributed by atoms with Crippen molar-refractivity contribution in [3.8, 4) is 5.75 Å². The van der Waals surface area contributed by atoms with Gasteiger partial charge < -0.3 is 20.8 Å². The number of hydrogen-bond donors (Lipinski definition) is 3. The van der Waals surface area contributed by atoms with Crippen molar-refractivity contribution in [2.45, 2.75) is 31.7 Å². The highest BCUT2D eigenvalue weighted by Crippen LogP contribution is 2.29. The van der Waals surface area contributed by atoms with Crippen molar-refractivity contribution in [1.82, 2.24) is 4.90 Å². The van der Waals surface area contributed by atoms with Crippen LogP contribution in [-0.2, 0) is 0 Å². The standard InChI is InChI=1S/C14H20N2O3/c15-12-7-3-6-11(13(12)18)14(19)16(8-9-17)10-4-1-2-5-10/h3,6-7,10,17-18H,1-2,4-5,8-9,15H2. The monoisotopic (exact) mass is 264 g/mol. The maximum absolute atomic E-state index is 12.5. The van der Waals surface area contributed by atoms with E-state index in [1.165, 1.54) is 0 Å². The summed E-state index contributed by atoms with van der Waals surface area (Å²) < 4.78 is 0. The highest BCUT2D eigenvalue weighted by molar-refractivity contribution is 5.98. The molecular weight excluding hydrogens is 244 g/mol. The van der Waals surface area contributed by atoms with Gasteiger partial charge in [0.15, 0.2) is 5.75 Å². The number of nitrogen functional groups attached to an aromatic ring is 1. The number of rotatable bonds is 4. The highest BCUT2D eigenvalue weighted by atomic mass is 16.3. The molecule has 0 heterocycles. The van der Waals surface area contributed by atoms with Crippen LogP contribution in [0.25, 0.3) is 0 Å². The highest BCUT2D eigenvalue weighted by Gasteiger charge is 2.28. The average Bonchev–Trinajstić information content (AvgIpc) is 2.92. The SMILES string of the molecule is Nc1cccc(C(=O)N(CCO)C2CCCC2)c1O. The average molecular weight is 264 g/mol. The van der Waals surface area contributed by atoms with Crippen molar-refractivity contribution in [3.05, 3.63) is 23.8 Å². The van der Waals surface area contributed by atoms with Gasteiger partial charge in [0.25, 0.3) is 5.91 Å². The summed E-state index contributed by atoms with van der Waals surface area (Å²) in [6.07, 6.45) is 4.11. The summed E-state index contributed by atoms with van der Waals surface area (Å²) in [4.78, 5) is 14.1. The molecule has 104 valence electrons. The van der Waals surface area contributed by atoms with Gasteiger partial charge in [-0.2, -0.15) is 0 Å². The molecule has 4 N–H and O–H groups in total. The summed E-state index contributed by atoms with van der Waals surface area (Å²) in [5.41, 5.74) is 6.02. The lowest BCUT2D eigenvalue weighted by molar-refractivity contribution is 0.0635. The summed E-state index contributed by atoms with van der Waals surface area (Å²) in [6, 6.07) is 4.92. The van der Waals surface area contributed by atoms with Gasteiger partial charge in [-0.25, -0.2) is 0 Å². The number of benzene rings is 1. The van der Waals surface area contributed by atoms with Gasteiger partial charge in [0.2, 0.25) is 0 Å². The molecular formula is C14H20N2O3. The second-order valence-corrected chi connectivity index (χ2v) is 4.90. The first-order valence-electron chi connectivity index (χ1n) is 6.64. The van der Waals surface area contributed by atoms with Crippen LogP contribution >= 0.6 is 0 Å². The minimum Gasteiger partial charge on any atom is -0.505 e. The van der Waals surface area contributed by atoms with E-state index in [0.29, 0.717) is 0 Å². The van der Waals surface area contributed by atoms with E-state index in [0.717, 1.165) is 25.7 Å². The lowest BCUT2D eigenvalue weighted by Crippen LogP contribution is -2.40. The number of amides is 1. The molecule has 1 aromatic carbocycles. The van der Waals surface area contributed by atoms with E-state index in [1.54, 1.807) is 23.1 Å². The van der Waals surface area contributed by atoms with Crippen LogP contribution in [0.5, 0.6) is 5.75 Å². The summed E-state index contributed by atoms with van der Waals surface area (Å²) in [6.45, 7) is 0.211. The molecule has 5 nitrogen and oxygen atoms in total. The fourth-order valence-electron chi connectivity index (χ4n) is 2.66. The molecule has 0 aliphatic heterocycles. The Morgan fingerprint density at radius 3 is 2.68 bits per heavy atom. The van der Waals surface area contributed by atoms with Crippen LogP contribution in [0.4, 0.5) is 5.69 Å². The number of anilines is 1. The zero-order valence-electron chi connectivity index (χ0n) is 10.9. The van der Waals surface area contributed by atoms with Gasteiger partial charge in [0.1, 0.15) is 0 Å². The number of hydrogen-bond acceptors (Lipinski definition) is 4. The maximum atomic E-state index is 12.5. The van der Waals surface area contributed by atoms with Crippen molar-refractivity contribution in [1.29, 1.82) is 0 Å². The van der Waals surface area contributed by atoms with Gasteiger partial charge in [-0.1, -0.05) is 18.9 Å². The number of carbonyl (C=O) groups excluding carboxylic acids is 1. The van der Waals surface area contributed by atoms with Crippen molar-refractivity contribution < 1.29 is 15.0 Å². The van der Waals surface area contributed by atoms with Crippen LogP contribution in [0, 0.1) is 0 Å². The Morgan fingerprint density at radius 2 is 2.05 bits per heavy atom. The predicted molar refractivity (Wildman–Crippen MR) is 72.9 cm³/mol. The molecule has 1 aliphatic rings. The number of nitrogens with zero attached hydrogens (tertiary/aromatic N) is 1. The van der Waals surface area contributed by atoms with Gasteiger partial charge in [-0.3, -0.25) is 4.79 Å². The Hall–Kier alpha value is -1.75. The molecule has 1 amide bonds. The number of phenolic OH excluding ortho intramolecular Hbond substituents is 1. The van der Waals surface area contributed by atoms with Gasteiger partial charge in [-0.05, 0) is 25.0 Å². The largest absolute Gasteiger partial charge is 0.505 e. The lowest BCUT2D eigenvalue weighted by Gasteiger charge is -2.28. The summed E-state index contributed by atoms with van der Waals surface area (Å²) >= 11 is 0. The normalized spacial score (nSPS) is 15.6. The molecule has 1 fully saturated rings. The van der Waals surface area contributed by atoms with E-state index in [-0.39, 0.29) is 42.1 Å². The number of phenols is 1. The lowest BCUT2D eigenvalue weighted by atomic mass is 10.1. The Bertz CT molecular complexity index is 456. The van der Waals surface area contributed by atoms with E-state index >= 15 is 0 Å². The van der Waals surface area contributed by atoms with Crippen molar-refractivity contribution >= 4 is 11.6 Å². The zero-order chi connectivity index (χ0) is 13.8. The fraction of sp³-hybridized carbons (Fsp3) is 0.500. The molecule has 0 bridgehead atoms. The Morgan fingerprint density at radius 1 is 1.37 bits per heavy atom. The minimum absolute atomic E-state index is 0.0781. The van der Waals surface area contributed by atoms with E-state index in [2.05, 4.69) is 0 Å². The number of aliphatic hydroxyl groups excluding tert-OH is 1. The second kappa shape index (κ2) is 5.93. The maximum Gasteiger partial charge on any atom is 0.258 e. The Kier molecular flexibility index (Phi) is 4.27. The van der Waals surface area contributed by atoms with E-state index in [9.17, 15) is 9.90 Å². The summed E-state index contributed by atoms with van der Waals surface area (Å²) in [5, 5.41) is 19.0.